The number of nitrogen functional groups attached to an aromatic ring is 1. The van der Waals surface area contributed by atoms with Crippen molar-refractivity contribution in [3.05, 3.63) is 59.2 Å². The second-order valence-corrected chi connectivity index (χ2v) is 4.94. The first-order valence-corrected chi connectivity index (χ1v) is 7.08. The third kappa shape index (κ3) is 3.75. The Bertz CT molecular complexity index is 638. The van der Waals surface area contributed by atoms with Crippen LogP contribution < -0.4 is 16.4 Å². The van der Waals surface area contributed by atoms with Crippen molar-refractivity contribution in [2.45, 2.75) is 20.4 Å². The fourth-order valence-corrected chi connectivity index (χ4v) is 2.10. The van der Waals surface area contributed by atoms with Crippen LogP contribution in [-0.4, -0.2) is 12.5 Å². The van der Waals surface area contributed by atoms with Gasteiger partial charge in [0, 0.05) is 30.0 Å². The molecule has 0 fully saturated rings. The second-order valence-electron chi connectivity index (χ2n) is 4.94. The lowest BCUT2D eigenvalue weighted by Gasteiger charge is -2.12. The van der Waals surface area contributed by atoms with Crippen LogP contribution in [0.5, 0.6) is 0 Å². The molecular formula is C17H21N3O. The summed E-state index contributed by atoms with van der Waals surface area (Å²) in [7, 11) is 0. The maximum atomic E-state index is 11.9. The number of nitrogens with one attached hydrogen (secondary N) is 2. The van der Waals surface area contributed by atoms with Crippen molar-refractivity contribution in [1.82, 2.24) is 5.32 Å². The van der Waals surface area contributed by atoms with Crippen LogP contribution in [-0.2, 0) is 6.54 Å². The molecule has 21 heavy (non-hydrogen) atoms. The molecule has 0 aliphatic carbocycles. The van der Waals surface area contributed by atoms with E-state index in [-0.39, 0.29) is 5.91 Å². The van der Waals surface area contributed by atoms with Gasteiger partial charge in [0.15, 0.2) is 0 Å². The first-order valence-electron chi connectivity index (χ1n) is 7.08. The summed E-state index contributed by atoms with van der Waals surface area (Å²) in [5, 5.41) is 6.15. The Balaban J connectivity index is 2.14. The van der Waals surface area contributed by atoms with Gasteiger partial charge < -0.3 is 16.4 Å². The summed E-state index contributed by atoms with van der Waals surface area (Å²) in [5.74, 6) is -0.0558. The van der Waals surface area contributed by atoms with Crippen LogP contribution in [0.25, 0.3) is 0 Å². The maximum Gasteiger partial charge on any atom is 0.251 e. The minimum absolute atomic E-state index is 0.0558. The van der Waals surface area contributed by atoms with Crippen LogP contribution in [0.4, 0.5) is 11.4 Å². The molecular weight excluding hydrogens is 262 g/mol. The number of aryl methyl sites for hydroxylation is 1. The molecule has 0 radical (unpaired) electrons. The van der Waals surface area contributed by atoms with Gasteiger partial charge in [0.1, 0.15) is 0 Å². The summed E-state index contributed by atoms with van der Waals surface area (Å²) in [6, 6.07) is 13.4. The maximum absolute atomic E-state index is 11.9. The van der Waals surface area contributed by atoms with Gasteiger partial charge in [-0.2, -0.15) is 0 Å². The van der Waals surface area contributed by atoms with Crippen molar-refractivity contribution >= 4 is 17.3 Å². The number of hydrogen-bond acceptors (Lipinski definition) is 3. The highest BCUT2D eigenvalue weighted by Gasteiger charge is 2.07. The Hall–Kier alpha value is -2.49. The fourth-order valence-electron chi connectivity index (χ4n) is 2.10. The van der Waals surface area contributed by atoms with E-state index in [1.54, 1.807) is 0 Å². The van der Waals surface area contributed by atoms with Crippen LogP contribution in [0.1, 0.15) is 28.4 Å². The summed E-state index contributed by atoms with van der Waals surface area (Å²) >= 11 is 0. The van der Waals surface area contributed by atoms with Gasteiger partial charge in [0.2, 0.25) is 0 Å². The average molecular weight is 283 g/mol. The topological polar surface area (TPSA) is 67.2 Å². The van der Waals surface area contributed by atoms with Gasteiger partial charge in [-0.25, -0.2) is 0 Å². The molecule has 4 N–H and O–H groups in total. The quantitative estimate of drug-likeness (QED) is 0.739. The molecule has 110 valence electrons. The molecule has 0 saturated heterocycles. The third-order valence-corrected chi connectivity index (χ3v) is 3.36. The Morgan fingerprint density at radius 2 is 1.95 bits per heavy atom. The van der Waals surface area contributed by atoms with Crippen LogP contribution in [0, 0.1) is 6.92 Å². The first kappa shape index (κ1) is 14.9. The Kier molecular flexibility index (Phi) is 4.82. The minimum Gasteiger partial charge on any atom is -0.398 e. The Morgan fingerprint density at radius 3 is 2.67 bits per heavy atom. The van der Waals surface area contributed by atoms with Gasteiger partial charge in [0.25, 0.3) is 5.91 Å². The highest BCUT2D eigenvalue weighted by Crippen LogP contribution is 2.19. The number of rotatable bonds is 5. The summed E-state index contributed by atoms with van der Waals surface area (Å²) < 4.78 is 0. The molecule has 4 heteroatoms. The van der Waals surface area contributed by atoms with Crippen molar-refractivity contribution in [3.8, 4) is 0 Å². The minimum atomic E-state index is -0.0558. The van der Waals surface area contributed by atoms with Gasteiger partial charge in [-0.1, -0.05) is 24.3 Å². The lowest BCUT2D eigenvalue weighted by Crippen LogP contribution is -2.22. The normalized spacial score (nSPS) is 10.2. The van der Waals surface area contributed by atoms with Crippen LogP contribution in [0.15, 0.2) is 42.5 Å². The zero-order chi connectivity index (χ0) is 15.2. The van der Waals surface area contributed by atoms with E-state index in [9.17, 15) is 4.79 Å². The fraction of sp³-hybridized carbons (Fsp3) is 0.235. The first-order chi connectivity index (χ1) is 10.1. The van der Waals surface area contributed by atoms with E-state index in [1.165, 1.54) is 0 Å². The lowest BCUT2D eigenvalue weighted by molar-refractivity contribution is 0.0956. The SMILES string of the molecule is CCNC(=O)c1ccc(C)c(NCc2ccccc2N)c1. The molecule has 0 aliphatic heterocycles. The summed E-state index contributed by atoms with van der Waals surface area (Å²) in [6.45, 7) is 5.17. The zero-order valence-electron chi connectivity index (χ0n) is 12.4. The monoisotopic (exact) mass is 283 g/mol. The van der Waals surface area contributed by atoms with E-state index in [4.69, 9.17) is 5.73 Å². The van der Waals surface area contributed by atoms with Crippen molar-refractivity contribution in [2.24, 2.45) is 0 Å². The van der Waals surface area contributed by atoms with E-state index in [2.05, 4.69) is 10.6 Å². The number of hydrogen-bond donors (Lipinski definition) is 3. The smallest absolute Gasteiger partial charge is 0.251 e. The van der Waals surface area contributed by atoms with E-state index < -0.39 is 0 Å². The van der Waals surface area contributed by atoms with Gasteiger partial charge in [-0.05, 0) is 43.2 Å². The van der Waals surface area contributed by atoms with Crippen molar-refractivity contribution < 1.29 is 4.79 Å². The number of amides is 1. The van der Waals surface area contributed by atoms with Gasteiger partial charge >= 0.3 is 0 Å². The number of para-hydroxylation sites is 1. The van der Waals surface area contributed by atoms with E-state index in [1.807, 2.05) is 56.3 Å². The molecule has 0 atom stereocenters. The summed E-state index contributed by atoms with van der Waals surface area (Å²) in [4.78, 5) is 11.9. The molecule has 0 heterocycles. The molecule has 4 nitrogen and oxygen atoms in total. The highest BCUT2D eigenvalue weighted by molar-refractivity contribution is 5.95. The molecule has 0 unspecified atom stereocenters. The number of carbonyl (C=O) groups excluding carboxylic acids is 1. The number of carbonyl (C=O) groups is 1. The molecule has 2 aromatic rings. The Labute approximate surface area is 125 Å². The third-order valence-electron chi connectivity index (χ3n) is 3.36. The van der Waals surface area contributed by atoms with E-state index in [0.717, 1.165) is 22.5 Å². The van der Waals surface area contributed by atoms with Gasteiger partial charge in [0.05, 0.1) is 0 Å². The predicted molar refractivity (Wildman–Crippen MR) is 87.4 cm³/mol. The van der Waals surface area contributed by atoms with Crippen LogP contribution >= 0.6 is 0 Å². The molecule has 0 spiro atoms. The summed E-state index contributed by atoms with van der Waals surface area (Å²) in [5.41, 5.74) is 10.4. The average Bonchev–Trinajstić information content (AvgIpc) is 2.48. The Morgan fingerprint density at radius 1 is 1.19 bits per heavy atom. The molecule has 0 aromatic heterocycles. The van der Waals surface area contributed by atoms with Crippen LogP contribution in [0.3, 0.4) is 0 Å². The van der Waals surface area contributed by atoms with Crippen molar-refractivity contribution in [2.75, 3.05) is 17.6 Å². The number of benzene rings is 2. The van der Waals surface area contributed by atoms with Crippen LogP contribution in [0.2, 0.25) is 0 Å². The second kappa shape index (κ2) is 6.79. The standard InChI is InChI=1S/C17H21N3O/c1-3-19-17(21)13-9-8-12(2)16(10-13)20-11-14-6-4-5-7-15(14)18/h4-10,20H,3,11,18H2,1-2H3,(H,19,21). The van der Waals surface area contributed by atoms with Gasteiger partial charge in [-0.3, -0.25) is 4.79 Å². The number of anilines is 2. The van der Waals surface area contributed by atoms with Gasteiger partial charge in [-0.15, -0.1) is 0 Å². The molecule has 0 saturated carbocycles. The molecule has 0 aliphatic rings. The van der Waals surface area contributed by atoms with Crippen molar-refractivity contribution in [1.29, 1.82) is 0 Å². The zero-order valence-corrected chi connectivity index (χ0v) is 12.4. The number of nitrogens with two attached hydrogens (primary N) is 1. The largest absolute Gasteiger partial charge is 0.398 e. The van der Waals surface area contributed by atoms with E-state index >= 15 is 0 Å². The predicted octanol–water partition coefficient (Wildman–Crippen LogP) is 2.94. The molecule has 2 aromatic carbocycles. The summed E-state index contributed by atoms with van der Waals surface area (Å²) in [6.07, 6.45) is 0. The van der Waals surface area contributed by atoms with Crippen molar-refractivity contribution in [3.63, 3.8) is 0 Å². The highest BCUT2D eigenvalue weighted by atomic mass is 16.1. The molecule has 1 amide bonds. The molecule has 0 bridgehead atoms. The van der Waals surface area contributed by atoms with E-state index in [0.29, 0.717) is 18.7 Å². The lowest BCUT2D eigenvalue weighted by atomic mass is 10.1. The molecule has 2 rings (SSSR count).